The summed E-state index contributed by atoms with van der Waals surface area (Å²) in [5.41, 5.74) is 1.77. The van der Waals surface area contributed by atoms with E-state index in [9.17, 15) is 14.4 Å². The number of aryl methyl sites for hydroxylation is 2. The monoisotopic (exact) mass is 472 g/mol. The molecule has 3 heterocycles. The standard InChI is InChI=1S/C23H25ClN4O3S/c1-13-7-8-16(10-17(13)24)26-18(29)11-27-12-25-21-19(22(27)30)15(3)20(32-21)23(31)28-9-5-4-6-14(28)2/h7-8,10,12,14H,4-6,9,11H2,1-3H3,(H,26,29). The van der Waals surface area contributed by atoms with Crippen molar-refractivity contribution in [1.82, 2.24) is 14.5 Å². The Kier molecular flexibility index (Phi) is 6.35. The van der Waals surface area contributed by atoms with Gasteiger partial charge in [-0.3, -0.25) is 19.0 Å². The average Bonchev–Trinajstić information content (AvgIpc) is 3.10. The molecule has 3 aromatic rings. The second-order valence-electron chi connectivity index (χ2n) is 8.27. The maximum Gasteiger partial charge on any atom is 0.264 e. The van der Waals surface area contributed by atoms with E-state index in [1.165, 1.54) is 22.2 Å². The lowest BCUT2D eigenvalue weighted by atomic mass is 10.0. The first-order chi connectivity index (χ1) is 15.3. The van der Waals surface area contributed by atoms with Crippen molar-refractivity contribution in [2.24, 2.45) is 0 Å². The Hall–Kier alpha value is -2.71. The van der Waals surface area contributed by atoms with E-state index < -0.39 is 0 Å². The van der Waals surface area contributed by atoms with Crippen molar-refractivity contribution in [3.8, 4) is 0 Å². The minimum absolute atomic E-state index is 0.0438. The first kappa shape index (κ1) is 22.5. The summed E-state index contributed by atoms with van der Waals surface area (Å²) in [6.07, 6.45) is 4.47. The lowest BCUT2D eigenvalue weighted by Gasteiger charge is -2.33. The Morgan fingerprint density at radius 2 is 2.06 bits per heavy atom. The second-order valence-corrected chi connectivity index (χ2v) is 9.68. The number of likely N-dealkylation sites (tertiary alicyclic amines) is 1. The second kappa shape index (κ2) is 9.03. The van der Waals surface area contributed by atoms with Crippen LogP contribution in [0.15, 0.2) is 29.3 Å². The van der Waals surface area contributed by atoms with Crippen LogP contribution in [0, 0.1) is 13.8 Å². The number of nitrogens with zero attached hydrogens (tertiary/aromatic N) is 3. The quantitative estimate of drug-likeness (QED) is 0.610. The number of carbonyl (C=O) groups excluding carboxylic acids is 2. The first-order valence-corrected chi connectivity index (χ1v) is 11.8. The molecule has 0 saturated carbocycles. The summed E-state index contributed by atoms with van der Waals surface area (Å²) >= 11 is 7.36. The van der Waals surface area contributed by atoms with Crippen LogP contribution in [-0.4, -0.2) is 38.9 Å². The van der Waals surface area contributed by atoms with Gasteiger partial charge in [0.15, 0.2) is 0 Å². The van der Waals surface area contributed by atoms with Crippen molar-refractivity contribution >= 4 is 50.7 Å². The molecule has 1 aromatic carbocycles. The molecule has 0 aliphatic carbocycles. The summed E-state index contributed by atoms with van der Waals surface area (Å²) < 4.78 is 1.27. The van der Waals surface area contributed by atoms with Crippen molar-refractivity contribution in [3.05, 3.63) is 55.9 Å². The van der Waals surface area contributed by atoms with E-state index in [-0.39, 0.29) is 30.0 Å². The van der Waals surface area contributed by atoms with Crippen LogP contribution in [0.25, 0.3) is 10.2 Å². The topological polar surface area (TPSA) is 84.3 Å². The third-order valence-corrected chi connectivity index (χ3v) is 7.54. The third-order valence-electron chi connectivity index (χ3n) is 5.94. The number of rotatable bonds is 4. The van der Waals surface area contributed by atoms with E-state index in [2.05, 4.69) is 17.2 Å². The van der Waals surface area contributed by atoms with Crippen molar-refractivity contribution in [2.45, 2.75) is 52.6 Å². The molecule has 1 saturated heterocycles. The zero-order valence-electron chi connectivity index (χ0n) is 18.3. The van der Waals surface area contributed by atoms with Crippen LogP contribution in [0.2, 0.25) is 5.02 Å². The van der Waals surface area contributed by atoms with Gasteiger partial charge in [-0.2, -0.15) is 0 Å². The van der Waals surface area contributed by atoms with Gasteiger partial charge >= 0.3 is 0 Å². The highest BCUT2D eigenvalue weighted by Crippen LogP contribution is 2.30. The maximum atomic E-state index is 13.2. The summed E-state index contributed by atoms with van der Waals surface area (Å²) in [5.74, 6) is -0.405. The molecule has 1 fully saturated rings. The highest BCUT2D eigenvalue weighted by Gasteiger charge is 2.28. The predicted octanol–water partition coefficient (Wildman–Crippen LogP) is 4.38. The number of hydrogen-bond donors (Lipinski definition) is 1. The van der Waals surface area contributed by atoms with E-state index in [1.54, 1.807) is 19.1 Å². The summed E-state index contributed by atoms with van der Waals surface area (Å²) in [5, 5.41) is 3.70. The number of halogens is 1. The van der Waals surface area contributed by atoms with Crippen molar-refractivity contribution < 1.29 is 9.59 Å². The molecular formula is C23H25ClN4O3S. The molecule has 1 N–H and O–H groups in total. The summed E-state index contributed by atoms with van der Waals surface area (Å²) in [7, 11) is 0. The summed E-state index contributed by atoms with van der Waals surface area (Å²) in [6, 6.07) is 5.42. The highest BCUT2D eigenvalue weighted by molar-refractivity contribution is 7.20. The smallest absolute Gasteiger partial charge is 0.264 e. The molecule has 0 radical (unpaired) electrons. The van der Waals surface area contributed by atoms with Gasteiger partial charge in [0.2, 0.25) is 5.91 Å². The van der Waals surface area contributed by atoms with Gasteiger partial charge in [0, 0.05) is 23.3 Å². The molecule has 2 aromatic heterocycles. The molecule has 1 aliphatic heterocycles. The predicted molar refractivity (Wildman–Crippen MR) is 128 cm³/mol. The Morgan fingerprint density at radius 3 is 2.78 bits per heavy atom. The molecule has 2 amide bonds. The number of fused-ring (bicyclic) bond motifs is 1. The number of aromatic nitrogens is 2. The number of thiophene rings is 1. The molecule has 168 valence electrons. The van der Waals surface area contributed by atoms with Gasteiger partial charge < -0.3 is 10.2 Å². The first-order valence-electron chi connectivity index (χ1n) is 10.6. The fourth-order valence-corrected chi connectivity index (χ4v) is 5.31. The molecule has 9 heteroatoms. The highest BCUT2D eigenvalue weighted by atomic mass is 35.5. The van der Waals surface area contributed by atoms with Crippen LogP contribution in [0.4, 0.5) is 5.69 Å². The van der Waals surface area contributed by atoms with Crippen molar-refractivity contribution in [1.29, 1.82) is 0 Å². The molecule has 1 aliphatic rings. The van der Waals surface area contributed by atoms with Crippen molar-refractivity contribution in [2.75, 3.05) is 11.9 Å². The Labute approximate surface area is 195 Å². The number of carbonyl (C=O) groups is 2. The lowest BCUT2D eigenvalue weighted by molar-refractivity contribution is -0.116. The van der Waals surface area contributed by atoms with Gasteiger partial charge in [-0.25, -0.2) is 4.98 Å². The molecule has 4 rings (SSSR count). The molecule has 0 bridgehead atoms. The van der Waals surface area contributed by atoms with Gasteiger partial charge in [-0.15, -0.1) is 11.3 Å². The van der Waals surface area contributed by atoms with Crippen molar-refractivity contribution in [3.63, 3.8) is 0 Å². The molecule has 7 nitrogen and oxygen atoms in total. The van der Waals surface area contributed by atoms with E-state index in [4.69, 9.17) is 11.6 Å². The van der Waals surface area contributed by atoms with Crippen LogP contribution in [-0.2, 0) is 11.3 Å². The van der Waals surface area contributed by atoms with Gasteiger partial charge in [0.05, 0.1) is 16.6 Å². The molecule has 0 spiro atoms. The fourth-order valence-electron chi connectivity index (χ4n) is 4.03. The van der Waals surface area contributed by atoms with Gasteiger partial charge in [0.1, 0.15) is 11.4 Å². The summed E-state index contributed by atoms with van der Waals surface area (Å²) in [6.45, 7) is 6.26. The lowest BCUT2D eigenvalue weighted by Crippen LogP contribution is -2.41. The number of anilines is 1. The number of piperidine rings is 1. The molecule has 1 atom stereocenters. The minimum Gasteiger partial charge on any atom is -0.335 e. The molecule has 1 unspecified atom stereocenters. The van der Waals surface area contributed by atoms with Crippen LogP contribution < -0.4 is 10.9 Å². The number of hydrogen-bond acceptors (Lipinski definition) is 5. The third kappa shape index (κ3) is 4.29. The number of amides is 2. The summed E-state index contributed by atoms with van der Waals surface area (Å²) in [4.78, 5) is 46.1. The van der Waals surface area contributed by atoms with Gasteiger partial charge in [-0.1, -0.05) is 17.7 Å². The van der Waals surface area contributed by atoms with Crippen LogP contribution in [0.3, 0.4) is 0 Å². The zero-order chi connectivity index (χ0) is 23.0. The van der Waals surface area contributed by atoms with E-state index in [0.29, 0.717) is 31.4 Å². The maximum absolute atomic E-state index is 13.2. The average molecular weight is 473 g/mol. The largest absolute Gasteiger partial charge is 0.335 e. The number of benzene rings is 1. The Bertz CT molecular complexity index is 1270. The SMILES string of the molecule is Cc1ccc(NC(=O)Cn2cnc3sc(C(=O)N4CCCCC4C)c(C)c3c2=O)cc1Cl. The van der Waals surface area contributed by atoms with Gasteiger partial charge in [-0.05, 0) is 63.3 Å². The van der Waals surface area contributed by atoms with E-state index >= 15 is 0 Å². The zero-order valence-corrected chi connectivity index (χ0v) is 19.8. The Balaban J connectivity index is 1.59. The molecule has 32 heavy (non-hydrogen) atoms. The van der Waals surface area contributed by atoms with Crippen LogP contribution in [0.1, 0.15) is 47.0 Å². The Morgan fingerprint density at radius 1 is 1.28 bits per heavy atom. The minimum atomic E-state index is -0.362. The van der Waals surface area contributed by atoms with Crippen LogP contribution in [0.5, 0.6) is 0 Å². The number of nitrogens with one attached hydrogen (secondary N) is 1. The van der Waals surface area contributed by atoms with E-state index in [1.807, 2.05) is 17.9 Å². The normalized spacial score (nSPS) is 16.4. The van der Waals surface area contributed by atoms with E-state index in [0.717, 1.165) is 31.4 Å². The van der Waals surface area contributed by atoms with Gasteiger partial charge in [0.25, 0.3) is 11.5 Å². The molecular weight excluding hydrogens is 448 g/mol. The van der Waals surface area contributed by atoms with Crippen LogP contribution >= 0.6 is 22.9 Å². The fraction of sp³-hybridized carbons (Fsp3) is 0.391.